The molecule has 0 heterocycles. The van der Waals surface area contributed by atoms with E-state index >= 15 is 0 Å². The number of nitrogens with one attached hydrogen (secondary N) is 1. The quantitative estimate of drug-likeness (QED) is 0.743. The third-order valence-electron chi connectivity index (χ3n) is 1.79. The fourth-order valence-electron chi connectivity index (χ4n) is 1.21. The molecule has 0 aliphatic carbocycles. The van der Waals surface area contributed by atoms with Crippen LogP contribution in [0.3, 0.4) is 0 Å². The minimum atomic E-state index is -0.288. The van der Waals surface area contributed by atoms with E-state index in [1.807, 2.05) is 0 Å². The first-order valence-electron chi connectivity index (χ1n) is 4.13. The molecular weight excluding hydrogens is 169 g/mol. The highest BCUT2D eigenvalue weighted by Gasteiger charge is 2.09. The smallest absolute Gasteiger partial charge is 0.217 e. The zero-order valence-corrected chi connectivity index (χ0v) is 7.67. The fraction of sp³-hybridized carbons (Fsp3) is 0.300. The second kappa shape index (κ2) is 4.03. The molecule has 2 nitrogen and oxygen atoms in total. The van der Waals surface area contributed by atoms with Gasteiger partial charge in [0.25, 0.3) is 0 Å². The Bertz CT molecular complexity index is 312. The van der Waals surface area contributed by atoms with E-state index in [-0.39, 0.29) is 17.8 Å². The van der Waals surface area contributed by atoms with E-state index in [0.29, 0.717) is 5.56 Å². The van der Waals surface area contributed by atoms with Crippen molar-refractivity contribution >= 4 is 5.91 Å². The molecule has 0 radical (unpaired) electrons. The minimum absolute atomic E-state index is 0.157. The lowest BCUT2D eigenvalue weighted by Gasteiger charge is -2.12. The molecule has 1 aromatic rings. The molecule has 0 saturated carbocycles. The molecule has 1 rings (SSSR count). The van der Waals surface area contributed by atoms with Gasteiger partial charge < -0.3 is 5.32 Å². The van der Waals surface area contributed by atoms with Gasteiger partial charge in [-0.1, -0.05) is 18.2 Å². The van der Waals surface area contributed by atoms with E-state index in [9.17, 15) is 9.18 Å². The van der Waals surface area contributed by atoms with Crippen molar-refractivity contribution in [2.75, 3.05) is 0 Å². The van der Waals surface area contributed by atoms with E-state index in [0.717, 1.165) is 0 Å². The van der Waals surface area contributed by atoms with Crippen molar-refractivity contribution in [3.05, 3.63) is 35.6 Å². The van der Waals surface area contributed by atoms with Crippen molar-refractivity contribution in [3.63, 3.8) is 0 Å². The standard InChI is InChI=1S/C10H12FNO/c1-7(12-8(2)13)9-5-3-4-6-10(9)11/h3-7H,1-2H3,(H,12,13). The normalized spacial score (nSPS) is 12.2. The minimum Gasteiger partial charge on any atom is -0.350 e. The second-order valence-corrected chi connectivity index (χ2v) is 2.94. The molecule has 0 bridgehead atoms. The van der Waals surface area contributed by atoms with Gasteiger partial charge in [-0.2, -0.15) is 0 Å². The Morgan fingerprint density at radius 3 is 2.62 bits per heavy atom. The number of amides is 1. The maximum Gasteiger partial charge on any atom is 0.217 e. The molecule has 1 N–H and O–H groups in total. The van der Waals surface area contributed by atoms with Crippen LogP contribution in [0.15, 0.2) is 24.3 Å². The molecule has 1 amide bonds. The summed E-state index contributed by atoms with van der Waals surface area (Å²) < 4.78 is 13.1. The predicted octanol–water partition coefficient (Wildman–Crippen LogP) is 2.02. The molecule has 13 heavy (non-hydrogen) atoms. The largest absolute Gasteiger partial charge is 0.350 e. The van der Waals surface area contributed by atoms with Crippen LogP contribution < -0.4 is 5.32 Å². The van der Waals surface area contributed by atoms with E-state index in [1.165, 1.54) is 13.0 Å². The van der Waals surface area contributed by atoms with Gasteiger partial charge in [0, 0.05) is 12.5 Å². The Hall–Kier alpha value is -1.38. The Morgan fingerprint density at radius 1 is 1.46 bits per heavy atom. The predicted molar refractivity (Wildman–Crippen MR) is 48.6 cm³/mol. The zero-order chi connectivity index (χ0) is 9.84. The first-order chi connectivity index (χ1) is 6.11. The lowest BCUT2D eigenvalue weighted by atomic mass is 10.1. The third-order valence-corrected chi connectivity index (χ3v) is 1.79. The average Bonchev–Trinajstić information content (AvgIpc) is 2.03. The van der Waals surface area contributed by atoms with Gasteiger partial charge >= 0.3 is 0 Å². The van der Waals surface area contributed by atoms with Crippen LogP contribution in [-0.2, 0) is 4.79 Å². The van der Waals surface area contributed by atoms with Crippen LogP contribution in [-0.4, -0.2) is 5.91 Å². The monoisotopic (exact) mass is 181 g/mol. The van der Waals surface area contributed by atoms with Crippen LogP contribution in [0.25, 0.3) is 0 Å². The van der Waals surface area contributed by atoms with Crippen molar-refractivity contribution in [2.45, 2.75) is 19.9 Å². The molecular formula is C10H12FNO. The number of hydrogen-bond donors (Lipinski definition) is 1. The van der Waals surface area contributed by atoms with E-state index in [4.69, 9.17) is 0 Å². The summed E-state index contributed by atoms with van der Waals surface area (Å²) in [7, 11) is 0. The number of rotatable bonds is 2. The molecule has 1 unspecified atom stereocenters. The average molecular weight is 181 g/mol. The van der Waals surface area contributed by atoms with Crippen LogP contribution in [0, 0.1) is 5.82 Å². The summed E-state index contributed by atoms with van der Waals surface area (Å²) in [5.41, 5.74) is 0.512. The first kappa shape index (κ1) is 9.71. The van der Waals surface area contributed by atoms with E-state index in [1.54, 1.807) is 25.1 Å². The van der Waals surface area contributed by atoms with Gasteiger partial charge in [0.05, 0.1) is 6.04 Å². The molecule has 1 aromatic carbocycles. The molecule has 0 aliphatic heterocycles. The van der Waals surface area contributed by atoms with Crippen molar-refractivity contribution in [3.8, 4) is 0 Å². The van der Waals surface area contributed by atoms with Crippen LogP contribution in [0.1, 0.15) is 25.5 Å². The van der Waals surface area contributed by atoms with Gasteiger partial charge in [-0.25, -0.2) is 4.39 Å². The molecule has 70 valence electrons. The molecule has 0 fully saturated rings. The summed E-state index contributed by atoms with van der Waals surface area (Å²) in [6.45, 7) is 3.16. The second-order valence-electron chi connectivity index (χ2n) is 2.94. The lowest BCUT2D eigenvalue weighted by Crippen LogP contribution is -2.24. The summed E-state index contributed by atoms with van der Waals surface area (Å²) in [4.78, 5) is 10.7. The van der Waals surface area contributed by atoms with Crippen LogP contribution in [0.5, 0.6) is 0 Å². The van der Waals surface area contributed by atoms with Crippen molar-refractivity contribution < 1.29 is 9.18 Å². The summed E-state index contributed by atoms with van der Waals surface area (Å²) in [5, 5.41) is 2.62. The van der Waals surface area contributed by atoms with Crippen LogP contribution in [0.2, 0.25) is 0 Å². The van der Waals surface area contributed by atoms with Gasteiger partial charge in [-0.3, -0.25) is 4.79 Å². The van der Waals surface area contributed by atoms with Gasteiger partial charge in [0.2, 0.25) is 5.91 Å². The van der Waals surface area contributed by atoms with Crippen LogP contribution in [0.4, 0.5) is 4.39 Å². The van der Waals surface area contributed by atoms with E-state index < -0.39 is 0 Å². The zero-order valence-electron chi connectivity index (χ0n) is 7.67. The number of carbonyl (C=O) groups is 1. The topological polar surface area (TPSA) is 29.1 Å². The molecule has 0 spiro atoms. The SMILES string of the molecule is CC(=O)NC(C)c1ccccc1F. The number of benzene rings is 1. The fourth-order valence-corrected chi connectivity index (χ4v) is 1.21. The third kappa shape index (κ3) is 2.54. The number of carbonyl (C=O) groups excluding carboxylic acids is 1. The summed E-state index contributed by atoms with van der Waals surface area (Å²) >= 11 is 0. The van der Waals surface area contributed by atoms with Crippen LogP contribution >= 0.6 is 0 Å². The lowest BCUT2D eigenvalue weighted by molar-refractivity contribution is -0.119. The molecule has 3 heteroatoms. The van der Waals surface area contributed by atoms with Crippen molar-refractivity contribution in [1.29, 1.82) is 0 Å². The van der Waals surface area contributed by atoms with Gasteiger partial charge in [0.15, 0.2) is 0 Å². The first-order valence-corrected chi connectivity index (χ1v) is 4.13. The summed E-state index contributed by atoms with van der Waals surface area (Å²) in [6, 6.07) is 6.14. The Labute approximate surface area is 76.8 Å². The van der Waals surface area contributed by atoms with Crippen molar-refractivity contribution in [2.24, 2.45) is 0 Å². The summed E-state index contributed by atoms with van der Waals surface area (Å²) in [6.07, 6.45) is 0. The number of hydrogen-bond acceptors (Lipinski definition) is 1. The molecule has 1 atom stereocenters. The number of halogens is 1. The Kier molecular flexibility index (Phi) is 3.01. The van der Waals surface area contributed by atoms with Crippen molar-refractivity contribution in [1.82, 2.24) is 5.32 Å². The maximum atomic E-state index is 13.1. The van der Waals surface area contributed by atoms with E-state index in [2.05, 4.69) is 5.32 Å². The molecule has 0 aromatic heterocycles. The maximum absolute atomic E-state index is 13.1. The highest BCUT2D eigenvalue weighted by molar-refractivity contribution is 5.73. The highest BCUT2D eigenvalue weighted by atomic mass is 19.1. The van der Waals surface area contributed by atoms with Gasteiger partial charge in [0.1, 0.15) is 5.82 Å². The summed E-state index contributed by atoms with van der Waals surface area (Å²) in [5.74, 6) is -0.445. The Balaban J connectivity index is 2.82. The highest BCUT2D eigenvalue weighted by Crippen LogP contribution is 2.15. The van der Waals surface area contributed by atoms with Gasteiger partial charge in [-0.15, -0.1) is 0 Å². The molecule has 0 saturated heterocycles. The van der Waals surface area contributed by atoms with Gasteiger partial charge in [-0.05, 0) is 13.0 Å². The molecule has 0 aliphatic rings. The Morgan fingerprint density at radius 2 is 2.08 bits per heavy atom.